The molecule has 0 N–H and O–H groups in total. The van der Waals surface area contributed by atoms with Gasteiger partial charge in [-0.25, -0.2) is 4.70 Å². The number of aryl methyl sites for hydroxylation is 4. The quantitative estimate of drug-likeness (QED) is 0.0273. The third-order valence-corrected chi connectivity index (χ3v) is 18.1. The van der Waals surface area contributed by atoms with E-state index in [-0.39, 0.29) is 20.4 Å². The molecule has 0 bridgehead atoms. The third kappa shape index (κ3) is 39.9. The van der Waals surface area contributed by atoms with Gasteiger partial charge in [0.2, 0.25) is 11.4 Å². The first kappa shape index (κ1) is 82.2. The van der Waals surface area contributed by atoms with Crippen LogP contribution in [0.4, 0.5) is 0 Å². The molecular formula is C81H144N2Pd. The normalized spacial score (nSPS) is 12.1. The molecule has 1 aliphatic rings. The second-order valence-electron chi connectivity index (χ2n) is 26.1. The van der Waals surface area contributed by atoms with Crippen molar-refractivity contribution in [1.29, 1.82) is 0 Å². The maximum atomic E-state index is 12.2. The molecule has 0 atom stereocenters. The Labute approximate surface area is 542 Å². The van der Waals surface area contributed by atoms with E-state index < -0.39 is 0 Å². The third-order valence-electron chi connectivity index (χ3n) is 18.1. The van der Waals surface area contributed by atoms with Crippen LogP contribution in [0.2, 0.25) is 0 Å². The van der Waals surface area contributed by atoms with Crippen molar-refractivity contribution in [3.05, 3.63) is 99.8 Å². The van der Waals surface area contributed by atoms with E-state index in [1.807, 2.05) is 0 Å². The van der Waals surface area contributed by atoms with Crippen molar-refractivity contribution in [2.45, 2.75) is 409 Å². The summed E-state index contributed by atoms with van der Waals surface area (Å²) in [7, 11) is 0. The van der Waals surface area contributed by atoms with Crippen LogP contribution in [0.15, 0.2) is 35.9 Å². The van der Waals surface area contributed by atoms with Crippen molar-refractivity contribution in [2.75, 3.05) is 0 Å². The van der Waals surface area contributed by atoms with Crippen molar-refractivity contribution >= 4 is 11.4 Å². The van der Waals surface area contributed by atoms with Gasteiger partial charge in [-0.15, -0.1) is 0 Å². The van der Waals surface area contributed by atoms with E-state index in [0.717, 1.165) is 49.9 Å². The van der Waals surface area contributed by atoms with Crippen LogP contribution in [0.3, 0.4) is 0 Å². The monoisotopic (exact) mass is 1250 g/mol. The fourth-order valence-electron chi connectivity index (χ4n) is 12.7. The van der Waals surface area contributed by atoms with Crippen LogP contribution in [-0.2, 0) is 58.9 Å². The average molecular weight is 1250 g/mol. The van der Waals surface area contributed by atoms with Crippen molar-refractivity contribution in [2.24, 2.45) is 0 Å². The van der Waals surface area contributed by atoms with Crippen LogP contribution in [-0.4, -0.2) is 4.70 Å². The van der Waals surface area contributed by atoms with Crippen molar-refractivity contribution in [3.63, 3.8) is 0 Å². The van der Waals surface area contributed by atoms with E-state index in [4.69, 9.17) is 0 Å². The van der Waals surface area contributed by atoms with Crippen LogP contribution in [0.1, 0.15) is 415 Å². The average Bonchev–Trinajstić information content (AvgIpc) is 3.89. The van der Waals surface area contributed by atoms with E-state index in [1.165, 1.54) is 347 Å². The zero-order chi connectivity index (χ0) is 60.6. The largest absolute Gasteiger partial charge is 2.00 e. The first-order valence-electron chi connectivity index (χ1n) is 37.6. The van der Waals surface area contributed by atoms with E-state index >= 15 is 0 Å². The van der Waals surface area contributed by atoms with Crippen molar-refractivity contribution in [3.8, 4) is 0 Å². The van der Waals surface area contributed by atoms with Crippen molar-refractivity contribution < 1.29 is 25.1 Å². The van der Waals surface area contributed by atoms with Gasteiger partial charge in [0.25, 0.3) is 0 Å². The molecule has 0 radical (unpaired) electrons. The molecule has 0 spiro atoms. The Bertz CT molecular complexity index is 1740. The summed E-state index contributed by atoms with van der Waals surface area (Å²) in [6.07, 6.45) is 74.4. The molecule has 2 nitrogen and oxygen atoms in total. The second kappa shape index (κ2) is 60.1. The number of unbranched alkanes of at least 4 members (excludes halogenated alkanes) is 40. The molecule has 1 aliphatic heterocycles. The number of nitrogens with zero attached hydrogens (tertiary/aromatic N) is 2. The molecule has 2 aromatic carbocycles. The van der Waals surface area contributed by atoms with Gasteiger partial charge >= 0.3 is 20.4 Å². The van der Waals surface area contributed by atoms with Crippen LogP contribution in [0, 0.1) is 13.8 Å². The van der Waals surface area contributed by atoms with Crippen LogP contribution >= 0.6 is 0 Å². The molecule has 2 aromatic rings. The fraction of sp³-hybridized carbons (Fsp3) is 0.778. The van der Waals surface area contributed by atoms with Gasteiger partial charge in [-0.2, -0.15) is 12.8 Å². The first-order chi connectivity index (χ1) is 40.8. The van der Waals surface area contributed by atoms with Gasteiger partial charge in [0.05, 0.1) is 0 Å². The first-order valence-corrected chi connectivity index (χ1v) is 37.6. The number of hydrogen-bond acceptors (Lipinski definition) is 0. The standard InChI is InChI=1S/C49H78N2.2C16H33.Pd/c1-8-14-20-24-28-40-35-44(36-41(29-25-21-15-9-2)46(40)32-18-12-5)48-34-39(7)49(51(48)50)45-37-42(30-26-22-16-10-3)47(33-19-13-6)43(38-45)31-27-23-17-11-4;2*1-3-5-7-9-11-13-15-16-14-12-10-8-6-4-2;/h34-38H,8-33H2,1-7H3;2*1,3-16H2,2H3;/q;2*-1;+2. The predicted molar refractivity (Wildman–Crippen MR) is 377 cm³/mol. The smallest absolute Gasteiger partial charge is 0.493 e. The van der Waals surface area contributed by atoms with E-state index in [9.17, 15) is 5.53 Å². The molecule has 0 saturated carbocycles. The SMILES string of the molecule is CCCCCCc1cc(C2=CC(C)=C(c3cc(CCCCCC)c(CCCC)c(CCCCCC)c3)[N+]2=[N-])cc(CCCCCC)c1CCCC.[CH2-]CCCCCCCCCCCCCCC.[CH2-]CCCCCCCCCCCCCCC.[Pd+2]. The van der Waals surface area contributed by atoms with Gasteiger partial charge in [0.15, 0.2) is 0 Å². The van der Waals surface area contributed by atoms with Crippen LogP contribution < -0.4 is 0 Å². The minimum atomic E-state index is 0. The van der Waals surface area contributed by atoms with E-state index in [1.54, 1.807) is 15.8 Å². The summed E-state index contributed by atoms with van der Waals surface area (Å²) in [6.45, 7) is 28.4. The maximum Gasteiger partial charge on any atom is 2.00 e. The van der Waals surface area contributed by atoms with E-state index in [0.29, 0.717) is 0 Å². The molecule has 84 heavy (non-hydrogen) atoms. The Balaban J connectivity index is 0.00000170. The summed E-state index contributed by atoms with van der Waals surface area (Å²) < 4.78 is 1.57. The Hall–Kier alpha value is -1.82. The molecule has 0 saturated heterocycles. The summed E-state index contributed by atoms with van der Waals surface area (Å²) in [4.78, 5) is 0. The van der Waals surface area contributed by atoms with Gasteiger partial charge in [-0.05, 0) is 142 Å². The van der Waals surface area contributed by atoms with E-state index in [2.05, 4.69) is 107 Å². The Morgan fingerprint density at radius 2 is 0.524 bits per heavy atom. The number of rotatable bonds is 54. The summed E-state index contributed by atoms with van der Waals surface area (Å²) in [5, 5.41) is 0. The van der Waals surface area contributed by atoms with Crippen LogP contribution in [0.25, 0.3) is 16.9 Å². The molecule has 0 unspecified atom stereocenters. The molecule has 3 rings (SSSR count). The van der Waals surface area contributed by atoms with Crippen LogP contribution in [0.5, 0.6) is 0 Å². The van der Waals surface area contributed by atoms with Crippen molar-refractivity contribution in [1.82, 2.24) is 0 Å². The van der Waals surface area contributed by atoms with Gasteiger partial charge in [0, 0.05) is 22.8 Å². The van der Waals surface area contributed by atoms with Gasteiger partial charge in [0.1, 0.15) is 0 Å². The summed E-state index contributed by atoms with van der Waals surface area (Å²) in [5.74, 6) is 0. The van der Waals surface area contributed by atoms with Gasteiger partial charge in [-0.3, -0.25) is 0 Å². The molecule has 0 aliphatic carbocycles. The summed E-state index contributed by atoms with van der Waals surface area (Å²) >= 11 is 0. The molecule has 0 amide bonds. The molecule has 0 aromatic heterocycles. The summed E-state index contributed by atoms with van der Waals surface area (Å²) in [5.41, 5.74) is 27.1. The zero-order valence-electron chi connectivity index (χ0n) is 58.2. The fourth-order valence-corrected chi connectivity index (χ4v) is 12.7. The van der Waals surface area contributed by atoms with Gasteiger partial charge < -0.3 is 19.4 Å². The minimum absolute atomic E-state index is 0. The summed E-state index contributed by atoms with van der Waals surface area (Å²) in [6, 6.07) is 9.86. The maximum absolute atomic E-state index is 12.2. The molecular weight excluding hydrogens is 1110 g/mol. The second-order valence-corrected chi connectivity index (χ2v) is 26.1. The Kier molecular flexibility index (Phi) is 58.8. The number of allylic oxidation sites excluding steroid dienone is 2. The number of hydrogen-bond donors (Lipinski definition) is 0. The zero-order valence-corrected chi connectivity index (χ0v) is 59.7. The predicted octanol–water partition coefficient (Wildman–Crippen LogP) is 28.3. The Morgan fingerprint density at radius 3 is 0.774 bits per heavy atom. The molecule has 3 heteroatoms. The Morgan fingerprint density at radius 1 is 0.298 bits per heavy atom. The molecule has 0 fully saturated rings. The molecule has 1 heterocycles. The molecule has 488 valence electrons. The number of benzene rings is 2. The minimum Gasteiger partial charge on any atom is -0.493 e. The topological polar surface area (TPSA) is 25.3 Å². The van der Waals surface area contributed by atoms with Gasteiger partial charge in [-0.1, -0.05) is 312 Å².